The molecule has 1 aliphatic rings. The molecule has 0 aromatic heterocycles. The van der Waals surface area contributed by atoms with Crippen LogP contribution in [0.5, 0.6) is 5.75 Å². The Hall–Kier alpha value is -1.03. The van der Waals surface area contributed by atoms with Crippen LogP contribution in [-0.2, 0) is 0 Å². The van der Waals surface area contributed by atoms with Gasteiger partial charge in [-0.15, -0.1) is 0 Å². The number of rotatable bonds is 5. The summed E-state index contributed by atoms with van der Waals surface area (Å²) in [5.74, 6) is 0.807. The minimum absolute atomic E-state index is 0.00690. The fourth-order valence-corrected chi connectivity index (χ4v) is 3.49. The third kappa shape index (κ3) is 4.47. The Labute approximate surface area is 135 Å². The van der Waals surface area contributed by atoms with Crippen molar-refractivity contribution in [1.29, 1.82) is 0 Å². The third-order valence-corrected chi connectivity index (χ3v) is 5.01. The highest BCUT2D eigenvalue weighted by Crippen LogP contribution is 2.30. The van der Waals surface area contributed by atoms with Gasteiger partial charge < -0.3 is 10.1 Å². The lowest BCUT2D eigenvalue weighted by atomic mass is 9.83. The molecule has 0 heterocycles. The fraction of sp³-hybridized carbons (Fsp3) is 0.588. The van der Waals surface area contributed by atoms with Crippen molar-refractivity contribution in [2.24, 2.45) is 0 Å². The number of halogens is 1. The van der Waals surface area contributed by atoms with Gasteiger partial charge in [0.05, 0.1) is 11.6 Å². The van der Waals surface area contributed by atoms with E-state index < -0.39 is 0 Å². The molecule has 4 heteroatoms. The number of hydrogen-bond acceptors (Lipinski definition) is 2. The van der Waals surface area contributed by atoms with Gasteiger partial charge in [0.25, 0.3) is 5.91 Å². The van der Waals surface area contributed by atoms with Crippen molar-refractivity contribution in [2.45, 2.75) is 57.6 Å². The summed E-state index contributed by atoms with van der Waals surface area (Å²) < 4.78 is 5.60. The molecule has 0 radical (unpaired) electrons. The maximum Gasteiger partial charge on any atom is 0.251 e. The summed E-state index contributed by atoms with van der Waals surface area (Å²) in [6.45, 7) is 3.98. The van der Waals surface area contributed by atoms with Crippen molar-refractivity contribution in [1.82, 2.24) is 5.32 Å². The predicted molar refractivity (Wildman–Crippen MR) is 89.3 cm³/mol. The number of benzene rings is 1. The molecule has 1 aromatic rings. The molecule has 116 valence electrons. The lowest BCUT2D eigenvalue weighted by molar-refractivity contribution is 0.0886. The Morgan fingerprint density at radius 1 is 1.24 bits per heavy atom. The van der Waals surface area contributed by atoms with Gasteiger partial charge in [0.1, 0.15) is 5.75 Å². The van der Waals surface area contributed by atoms with Crippen LogP contribution in [0, 0.1) is 0 Å². The minimum Gasteiger partial charge on any atom is -0.491 e. The van der Waals surface area contributed by atoms with Crippen LogP contribution in [0.15, 0.2) is 24.3 Å². The van der Waals surface area contributed by atoms with E-state index >= 15 is 0 Å². The lowest BCUT2D eigenvalue weighted by Crippen LogP contribution is -2.51. The van der Waals surface area contributed by atoms with E-state index in [1.54, 1.807) is 0 Å². The summed E-state index contributed by atoms with van der Waals surface area (Å²) in [7, 11) is 0. The van der Waals surface area contributed by atoms with Crippen LogP contribution >= 0.6 is 15.9 Å². The molecule has 0 spiro atoms. The number of alkyl halides is 1. The maximum absolute atomic E-state index is 12.4. The molecule has 0 bridgehead atoms. The van der Waals surface area contributed by atoms with E-state index in [4.69, 9.17) is 4.74 Å². The van der Waals surface area contributed by atoms with Crippen molar-refractivity contribution >= 4 is 21.8 Å². The van der Waals surface area contributed by atoms with E-state index in [0.29, 0.717) is 5.56 Å². The SMILES string of the molecule is CC(C)Oc1ccc(C(=O)NC2(CBr)CCCCC2)cc1. The number of amides is 1. The monoisotopic (exact) mass is 353 g/mol. The summed E-state index contributed by atoms with van der Waals surface area (Å²) in [4.78, 5) is 12.4. The third-order valence-electron chi connectivity index (χ3n) is 3.93. The van der Waals surface area contributed by atoms with Gasteiger partial charge >= 0.3 is 0 Å². The molecule has 0 unspecified atom stereocenters. The Bertz CT molecular complexity index is 464. The molecule has 1 fully saturated rings. The first kappa shape index (κ1) is 16.3. The van der Waals surface area contributed by atoms with Crippen molar-refractivity contribution in [3.8, 4) is 5.75 Å². The van der Waals surface area contributed by atoms with Gasteiger partial charge in [0.2, 0.25) is 0 Å². The van der Waals surface area contributed by atoms with Crippen LogP contribution < -0.4 is 10.1 Å². The van der Waals surface area contributed by atoms with E-state index in [1.165, 1.54) is 19.3 Å². The molecule has 1 aliphatic carbocycles. The summed E-state index contributed by atoms with van der Waals surface area (Å²) in [5.41, 5.74) is 0.611. The summed E-state index contributed by atoms with van der Waals surface area (Å²) in [6, 6.07) is 7.38. The molecule has 1 amide bonds. The van der Waals surface area contributed by atoms with Crippen molar-refractivity contribution < 1.29 is 9.53 Å². The first-order valence-electron chi connectivity index (χ1n) is 7.70. The van der Waals surface area contributed by atoms with Gasteiger partial charge in [-0.25, -0.2) is 0 Å². The topological polar surface area (TPSA) is 38.3 Å². The largest absolute Gasteiger partial charge is 0.491 e. The van der Waals surface area contributed by atoms with E-state index in [2.05, 4.69) is 21.2 Å². The Balaban J connectivity index is 2.02. The predicted octanol–water partition coefficient (Wildman–Crippen LogP) is 4.30. The number of hydrogen-bond donors (Lipinski definition) is 1. The van der Waals surface area contributed by atoms with Crippen molar-refractivity contribution in [3.05, 3.63) is 29.8 Å². The van der Waals surface area contributed by atoms with E-state index in [1.807, 2.05) is 38.1 Å². The minimum atomic E-state index is -0.0809. The zero-order valence-electron chi connectivity index (χ0n) is 12.8. The first-order valence-corrected chi connectivity index (χ1v) is 8.82. The molecule has 1 aromatic carbocycles. The van der Waals surface area contributed by atoms with E-state index in [0.717, 1.165) is 23.9 Å². The van der Waals surface area contributed by atoms with Gasteiger partial charge in [-0.3, -0.25) is 4.79 Å². The fourth-order valence-electron chi connectivity index (χ4n) is 2.79. The van der Waals surface area contributed by atoms with Crippen LogP contribution in [0.25, 0.3) is 0 Å². The molecular formula is C17H24BrNO2. The average Bonchev–Trinajstić information content (AvgIpc) is 2.48. The van der Waals surface area contributed by atoms with Crippen LogP contribution in [0.2, 0.25) is 0 Å². The molecule has 0 atom stereocenters. The van der Waals surface area contributed by atoms with E-state index in [9.17, 15) is 4.79 Å². The molecule has 21 heavy (non-hydrogen) atoms. The second-order valence-electron chi connectivity index (χ2n) is 6.12. The highest BCUT2D eigenvalue weighted by molar-refractivity contribution is 9.09. The number of carbonyl (C=O) groups is 1. The molecular weight excluding hydrogens is 330 g/mol. The van der Waals surface area contributed by atoms with Crippen molar-refractivity contribution in [3.63, 3.8) is 0 Å². The van der Waals surface area contributed by atoms with Crippen LogP contribution in [-0.4, -0.2) is 22.9 Å². The molecule has 1 saturated carbocycles. The number of carbonyl (C=O) groups excluding carboxylic acids is 1. The van der Waals surface area contributed by atoms with E-state index in [-0.39, 0.29) is 17.6 Å². The quantitative estimate of drug-likeness (QED) is 0.801. The van der Waals surface area contributed by atoms with Crippen LogP contribution in [0.3, 0.4) is 0 Å². The molecule has 0 saturated heterocycles. The molecule has 2 rings (SSSR count). The number of ether oxygens (including phenoxy) is 1. The Morgan fingerprint density at radius 3 is 2.38 bits per heavy atom. The van der Waals surface area contributed by atoms with Crippen LogP contribution in [0.1, 0.15) is 56.3 Å². The average molecular weight is 354 g/mol. The summed E-state index contributed by atoms with van der Waals surface area (Å²) in [6.07, 6.45) is 5.90. The van der Waals surface area contributed by atoms with Gasteiger partial charge in [-0.05, 0) is 51.0 Å². The zero-order chi connectivity index (χ0) is 15.3. The maximum atomic E-state index is 12.4. The second kappa shape index (κ2) is 7.30. The molecule has 0 aliphatic heterocycles. The lowest BCUT2D eigenvalue weighted by Gasteiger charge is -2.36. The Morgan fingerprint density at radius 2 is 1.86 bits per heavy atom. The molecule has 1 N–H and O–H groups in total. The highest BCUT2D eigenvalue weighted by atomic mass is 79.9. The Kier molecular flexibility index (Phi) is 5.68. The summed E-state index contributed by atoms with van der Waals surface area (Å²) >= 11 is 3.57. The first-order chi connectivity index (χ1) is 10.0. The van der Waals surface area contributed by atoms with Gasteiger partial charge in [0, 0.05) is 10.9 Å². The van der Waals surface area contributed by atoms with Gasteiger partial charge in [0.15, 0.2) is 0 Å². The van der Waals surface area contributed by atoms with Gasteiger partial charge in [-0.2, -0.15) is 0 Å². The number of nitrogens with one attached hydrogen (secondary N) is 1. The standard InChI is InChI=1S/C17H24BrNO2/c1-13(2)21-15-8-6-14(7-9-15)16(20)19-17(12-18)10-4-3-5-11-17/h6-9,13H,3-5,10-12H2,1-2H3,(H,19,20). The van der Waals surface area contributed by atoms with Crippen molar-refractivity contribution in [2.75, 3.05) is 5.33 Å². The normalized spacial score (nSPS) is 17.5. The van der Waals surface area contributed by atoms with Gasteiger partial charge in [-0.1, -0.05) is 35.2 Å². The molecule has 3 nitrogen and oxygen atoms in total. The second-order valence-corrected chi connectivity index (χ2v) is 6.68. The summed E-state index contributed by atoms with van der Waals surface area (Å²) in [5, 5.41) is 4.05. The van der Waals surface area contributed by atoms with Crippen LogP contribution in [0.4, 0.5) is 0 Å². The zero-order valence-corrected chi connectivity index (χ0v) is 14.4. The smallest absolute Gasteiger partial charge is 0.251 e. The highest BCUT2D eigenvalue weighted by Gasteiger charge is 2.32.